The molecule has 1 saturated heterocycles. The molecule has 0 N–H and O–H groups in total. The molecule has 2 heterocycles. The van der Waals surface area contributed by atoms with Gasteiger partial charge in [0.2, 0.25) is 5.78 Å². The summed E-state index contributed by atoms with van der Waals surface area (Å²) in [7, 11) is 0. The number of benzene rings is 2. The molecule has 0 aliphatic carbocycles. The maximum absolute atomic E-state index is 13.3. The smallest absolute Gasteiger partial charge is 0.298 e. The Kier molecular flexibility index (Phi) is 4.35. The third-order valence-electron chi connectivity index (χ3n) is 5.39. The van der Waals surface area contributed by atoms with E-state index >= 15 is 0 Å². The summed E-state index contributed by atoms with van der Waals surface area (Å²) >= 11 is 6.06. The number of halogens is 4. The molecule has 0 saturated carbocycles. The van der Waals surface area contributed by atoms with Gasteiger partial charge in [0.05, 0.1) is 17.3 Å². The van der Waals surface area contributed by atoms with Crippen LogP contribution >= 0.6 is 11.6 Å². The standard InChI is InChI=1S/C21H15ClF3NO3/c1-9(2)18(27)16-17-13-5-3-10(21(23,24)25)7-14(13)12-6-4-11(22)8-15(12)26(17)20(29)19(16)28/h3-9,16-17H,1-2H3. The Morgan fingerprint density at radius 1 is 1.07 bits per heavy atom. The molecule has 2 aliphatic heterocycles. The lowest BCUT2D eigenvalue weighted by Gasteiger charge is -2.35. The van der Waals surface area contributed by atoms with Crippen molar-refractivity contribution in [1.82, 2.24) is 0 Å². The van der Waals surface area contributed by atoms with E-state index in [4.69, 9.17) is 11.6 Å². The Hall–Kier alpha value is -2.67. The molecule has 29 heavy (non-hydrogen) atoms. The van der Waals surface area contributed by atoms with Crippen LogP contribution in [0.2, 0.25) is 5.02 Å². The van der Waals surface area contributed by atoms with Crippen molar-refractivity contribution < 1.29 is 27.6 Å². The highest BCUT2D eigenvalue weighted by atomic mass is 35.5. The van der Waals surface area contributed by atoms with E-state index in [0.717, 1.165) is 12.1 Å². The predicted molar refractivity (Wildman–Crippen MR) is 100 cm³/mol. The Bertz CT molecular complexity index is 1080. The Morgan fingerprint density at radius 2 is 1.76 bits per heavy atom. The number of nitrogens with zero attached hydrogens (tertiary/aromatic N) is 1. The fourth-order valence-corrected chi connectivity index (χ4v) is 4.21. The quantitative estimate of drug-likeness (QED) is 0.515. The Labute approximate surface area is 169 Å². The average Bonchev–Trinajstić information content (AvgIpc) is 2.91. The topological polar surface area (TPSA) is 54.5 Å². The van der Waals surface area contributed by atoms with Crippen molar-refractivity contribution in [2.45, 2.75) is 26.1 Å². The second-order valence-electron chi connectivity index (χ2n) is 7.48. The van der Waals surface area contributed by atoms with Crippen LogP contribution in [-0.4, -0.2) is 17.5 Å². The summed E-state index contributed by atoms with van der Waals surface area (Å²) in [5.74, 6) is -3.93. The zero-order valence-corrected chi connectivity index (χ0v) is 16.1. The van der Waals surface area contributed by atoms with Crippen molar-refractivity contribution in [2.75, 3.05) is 4.90 Å². The average molecular weight is 422 g/mol. The fourth-order valence-electron chi connectivity index (χ4n) is 4.05. The van der Waals surface area contributed by atoms with Crippen molar-refractivity contribution in [3.05, 3.63) is 52.5 Å². The molecule has 0 bridgehead atoms. The highest BCUT2D eigenvalue weighted by Gasteiger charge is 2.55. The van der Waals surface area contributed by atoms with Crippen molar-refractivity contribution >= 4 is 34.8 Å². The summed E-state index contributed by atoms with van der Waals surface area (Å²) in [6, 6.07) is 6.60. The highest BCUT2D eigenvalue weighted by molar-refractivity contribution is 6.49. The number of ketones is 2. The molecule has 1 amide bonds. The number of Topliss-reactive ketones (excluding diaryl/α,β-unsaturated/α-hetero) is 2. The summed E-state index contributed by atoms with van der Waals surface area (Å²) in [6.07, 6.45) is -4.56. The van der Waals surface area contributed by atoms with E-state index in [1.165, 1.54) is 29.2 Å². The minimum atomic E-state index is -4.56. The first-order valence-corrected chi connectivity index (χ1v) is 9.32. The van der Waals surface area contributed by atoms with Crippen LogP contribution in [0, 0.1) is 11.8 Å². The maximum Gasteiger partial charge on any atom is 0.416 e. The largest absolute Gasteiger partial charge is 0.416 e. The van der Waals surface area contributed by atoms with Crippen molar-refractivity contribution in [2.24, 2.45) is 11.8 Å². The molecule has 2 aromatic rings. The van der Waals surface area contributed by atoms with Crippen molar-refractivity contribution in [3.8, 4) is 11.1 Å². The lowest BCUT2D eigenvalue weighted by Crippen LogP contribution is -2.34. The molecule has 2 atom stereocenters. The van der Waals surface area contributed by atoms with Crippen LogP contribution in [0.25, 0.3) is 11.1 Å². The van der Waals surface area contributed by atoms with E-state index in [0.29, 0.717) is 11.1 Å². The van der Waals surface area contributed by atoms with E-state index in [9.17, 15) is 27.6 Å². The van der Waals surface area contributed by atoms with Crippen molar-refractivity contribution in [3.63, 3.8) is 0 Å². The van der Waals surface area contributed by atoms with Gasteiger partial charge in [-0.05, 0) is 35.4 Å². The van der Waals surface area contributed by atoms with Gasteiger partial charge in [-0.25, -0.2) is 0 Å². The number of amides is 1. The fraction of sp³-hybridized carbons (Fsp3) is 0.286. The number of alkyl halides is 3. The van der Waals surface area contributed by atoms with Gasteiger partial charge < -0.3 is 0 Å². The zero-order chi connectivity index (χ0) is 21.2. The molecule has 0 radical (unpaired) electrons. The second kappa shape index (κ2) is 6.42. The van der Waals surface area contributed by atoms with Gasteiger partial charge in [-0.2, -0.15) is 13.2 Å². The molecule has 0 spiro atoms. The third kappa shape index (κ3) is 2.87. The molecular weight excluding hydrogens is 407 g/mol. The van der Waals surface area contributed by atoms with E-state index in [2.05, 4.69) is 0 Å². The van der Waals surface area contributed by atoms with E-state index < -0.39 is 47.1 Å². The predicted octanol–water partition coefficient (Wildman–Crippen LogP) is 4.84. The second-order valence-corrected chi connectivity index (χ2v) is 7.92. The van der Waals surface area contributed by atoms with Gasteiger partial charge in [-0.3, -0.25) is 19.3 Å². The highest BCUT2D eigenvalue weighted by Crippen LogP contribution is 2.52. The number of hydrogen-bond donors (Lipinski definition) is 0. The molecule has 4 nitrogen and oxygen atoms in total. The molecule has 8 heteroatoms. The minimum absolute atomic E-state index is 0.228. The Balaban J connectivity index is 2.02. The zero-order valence-electron chi connectivity index (χ0n) is 15.4. The summed E-state index contributed by atoms with van der Waals surface area (Å²) < 4.78 is 39.9. The minimum Gasteiger partial charge on any atom is -0.298 e. The number of anilines is 1. The SMILES string of the molecule is CC(C)C(=O)C1C(=O)C(=O)N2c3cc(Cl)ccc3-c3cc(C(F)(F)F)ccc3C12. The Morgan fingerprint density at radius 3 is 2.38 bits per heavy atom. The number of carbonyl (C=O) groups is 3. The summed E-state index contributed by atoms with van der Waals surface area (Å²) in [5.41, 5.74) is 0.299. The van der Waals surface area contributed by atoms with Gasteiger partial charge in [-0.1, -0.05) is 37.6 Å². The number of fused-ring (bicyclic) bond motifs is 6. The van der Waals surface area contributed by atoms with E-state index in [1.807, 2.05) is 0 Å². The molecule has 1 fully saturated rings. The third-order valence-corrected chi connectivity index (χ3v) is 5.63. The molecule has 2 unspecified atom stereocenters. The normalized spacial score (nSPS) is 20.6. The van der Waals surface area contributed by atoms with Gasteiger partial charge >= 0.3 is 6.18 Å². The van der Waals surface area contributed by atoms with Crippen LogP contribution in [-0.2, 0) is 20.6 Å². The van der Waals surface area contributed by atoms with Gasteiger partial charge in [0.1, 0.15) is 11.7 Å². The van der Waals surface area contributed by atoms with Crippen LogP contribution in [0.15, 0.2) is 36.4 Å². The van der Waals surface area contributed by atoms with Crippen LogP contribution in [0.3, 0.4) is 0 Å². The lowest BCUT2D eigenvalue weighted by molar-refractivity contribution is -0.140. The van der Waals surface area contributed by atoms with Gasteiger partial charge in [0.15, 0.2) is 0 Å². The van der Waals surface area contributed by atoms with Crippen LogP contribution in [0.4, 0.5) is 18.9 Å². The molecule has 2 aliphatic rings. The van der Waals surface area contributed by atoms with Crippen LogP contribution in [0.1, 0.15) is 31.0 Å². The molecule has 150 valence electrons. The van der Waals surface area contributed by atoms with Gasteiger partial charge in [0.25, 0.3) is 5.91 Å². The van der Waals surface area contributed by atoms with Crippen LogP contribution < -0.4 is 4.90 Å². The molecular formula is C21H15ClF3NO3. The molecule has 0 aromatic heterocycles. The lowest BCUT2D eigenvalue weighted by atomic mass is 9.79. The molecule has 4 rings (SSSR count). The first-order valence-electron chi connectivity index (χ1n) is 8.94. The maximum atomic E-state index is 13.3. The summed E-state index contributed by atoms with van der Waals surface area (Å²) in [5, 5.41) is 0.261. The van der Waals surface area contributed by atoms with Gasteiger partial charge in [-0.15, -0.1) is 0 Å². The monoisotopic (exact) mass is 421 g/mol. The first-order chi connectivity index (χ1) is 13.5. The van der Waals surface area contributed by atoms with Crippen molar-refractivity contribution in [1.29, 1.82) is 0 Å². The van der Waals surface area contributed by atoms with E-state index in [1.54, 1.807) is 13.8 Å². The molecule has 2 aromatic carbocycles. The first kappa shape index (κ1) is 19.6. The van der Waals surface area contributed by atoms with E-state index in [-0.39, 0.29) is 16.3 Å². The number of carbonyl (C=O) groups excluding carboxylic acids is 3. The summed E-state index contributed by atoms with van der Waals surface area (Å²) in [4.78, 5) is 39.5. The number of hydrogen-bond acceptors (Lipinski definition) is 3. The van der Waals surface area contributed by atoms with Crippen LogP contribution in [0.5, 0.6) is 0 Å². The summed E-state index contributed by atoms with van der Waals surface area (Å²) in [6.45, 7) is 3.23. The number of rotatable bonds is 2. The van der Waals surface area contributed by atoms with Gasteiger partial charge in [0, 0.05) is 16.5 Å².